The molecule has 1 heterocycles. The van der Waals surface area contributed by atoms with Crippen molar-refractivity contribution in [2.45, 2.75) is 49.5 Å². The summed E-state index contributed by atoms with van der Waals surface area (Å²) in [5, 5.41) is 0. The summed E-state index contributed by atoms with van der Waals surface area (Å²) >= 11 is 0. The Morgan fingerprint density at radius 2 is 1.88 bits per heavy atom. The number of hydrogen-bond acceptors (Lipinski definition) is 3. The van der Waals surface area contributed by atoms with Crippen molar-refractivity contribution in [3.63, 3.8) is 0 Å². The first kappa shape index (κ1) is 12.5. The minimum Gasteiger partial charge on any atom is -0.263 e. The zero-order valence-electron chi connectivity index (χ0n) is 9.80. The maximum absolute atomic E-state index is 12.1. The van der Waals surface area contributed by atoms with Gasteiger partial charge in [-0.05, 0) is 25.0 Å². The van der Waals surface area contributed by atoms with Crippen LogP contribution >= 0.6 is 0 Å². The Morgan fingerprint density at radius 1 is 1.18 bits per heavy atom. The Balaban J connectivity index is 2.06. The average Bonchev–Trinajstić information content (AvgIpc) is 2.58. The van der Waals surface area contributed by atoms with E-state index in [0.717, 1.165) is 25.7 Å². The lowest BCUT2D eigenvalue weighted by atomic mass is 10.1. The van der Waals surface area contributed by atoms with Crippen molar-refractivity contribution in [2.75, 3.05) is 0 Å². The molecule has 0 unspecified atom stereocenters. The molecule has 0 bridgehead atoms. The molecular weight excluding hydrogens is 236 g/mol. The van der Waals surface area contributed by atoms with Crippen molar-refractivity contribution < 1.29 is 8.42 Å². The van der Waals surface area contributed by atoms with Gasteiger partial charge in [-0.3, -0.25) is 4.98 Å². The lowest BCUT2D eigenvalue weighted by molar-refractivity contribution is 0.509. The van der Waals surface area contributed by atoms with Crippen LogP contribution in [0.5, 0.6) is 0 Å². The zero-order valence-corrected chi connectivity index (χ0v) is 10.6. The zero-order chi connectivity index (χ0) is 12.1. The molecule has 0 atom stereocenters. The monoisotopic (exact) mass is 254 g/mol. The highest BCUT2D eigenvalue weighted by Gasteiger charge is 2.20. The highest BCUT2D eigenvalue weighted by molar-refractivity contribution is 7.89. The Kier molecular flexibility index (Phi) is 4.12. The molecule has 1 N–H and O–H groups in total. The number of sulfonamides is 1. The number of nitrogens with zero attached hydrogens (tertiary/aromatic N) is 1. The van der Waals surface area contributed by atoms with Crippen LogP contribution < -0.4 is 4.72 Å². The quantitative estimate of drug-likeness (QED) is 0.840. The Bertz CT molecular complexity index is 437. The topological polar surface area (TPSA) is 59.1 Å². The fourth-order valence-corrected chi connectivity index (χ4v) is 3.46. The van der Waals surface area contributed by atoms with Gasteiger partial charge in [0.1, 0.15) is 4.90 Å². The van der Waals surface area contributed by atoms with Gasteiger partial charge in [0.15, 0.2) is 0 Å². The smallest absolute Gasteiger partial charge is 0.242 e. The van der Waals surface area contributed by atoms with Crippen molar-refractivity contribution >= 4 is 10.0 Å². The molecule has 94 valence electrons. The summed E-state index contributed by atoms with van der Waals surface area (Å²) in [6.07, 6.45) is 9.50. The minimum atomic E-state index is -3.39. The van der Waals surface area contributed by atoms with Gasteiger partial charge >= 0.3 is 0 Å². The van der Waals surface area contributed by atoms with Crippen molar-refractivity contribution in [1.82, 2.24) is 9.71 Å². The van der Waals surface area contributed by atoms with Crippen molar-refractivity contribution in [3.8, 4) is 0 Å². The van der Waals surface area contributed by atoms with Crippen LogP contribution in [0.4, 0.5) is 0 Å². The fourth-order valence-electron chi connectivity index (χ4n) is 2.19. The van der Waals surface area contributed by atoms with Crippen LogP contribution in [-0.2, 0) is 10.0 Å². The normalized spacial score (nSPS) is 18.8. The largest absolute Gasteiger partial charge is 0.263 e. The second-order valence-electron chi connectivity index (χ2n) is 4.50. The second-order valence-corrected chi connectivity index (χ2v) is 6.21. The van der Waals surface area contributed by atoms with Crippen LogP contribution in [0, 0.1) is 0 Å². The summed E-state index contributed by atoms with van der Waals surface area (Å²) in [7, 11) is -3.39. The van der Waals surface area contributed by atoms with Gasteiger partial charge in [0.2, 0.25) is 10.0 Å². The molecule has 0 aliphatic heterocycles. The Morgan fingerprint density at radius 3 is 2.47 bits per heavy atom. The van der Waals surface area contributed by atoms with Crippen LogP contribution in [0.3, 0.4) is 0 Å². The van der Waals surface area contributed by atoms with Gasteiger partial charge in [-0.1, -0.05) is 25.7 Å². The van der Waals surface area contributed by atoms with E-state index in [-0.39, 0.29) is 10.9 Å². The number of nitrogens with one attached hydrogen (secondary N) is 1. The summed E-state index contributed by atoms with van der Waals surface area (Å²) in [6, 6.07) is 3.30. The number of aromatic nitrogens is 1. The standard InChI is InChI=1S/C12H18N2O2S/c15-17(16,12-8-5-9-13-10-12)14-11-6-3-1-2-4-7-11/h5,8-11,14H,1-4,6-7H2. The van der Waals surface area contributed by atoms with Gasteiger partial charge in [-0.25, -0.2) is 13.1 Å². The SMILES string of the molecule is O=S(=O)(NC1CCCCCC1)c1cccnc1. The number of hydrogen-bond donors (Lipinski definition) is 1. The van der Waals surface area contributed by atoms with E-state index >= 15 is 0 Å². The molecule has 0 radical (unpaired) electrons. The van der Waals surface area contributed by atoms with Gasteiger partial charge < -0.3 is 0 Å². The molecule has 1 saturated carbocycles. The number of rotatable bonds is 3. The lowest BCUT2D eigenvalue weighted by Crippen LogP contribution is -2.34. The van der Waals surface area contributed by atoms with E-state index in [4.69, 9.17) is 0 Å². The highest BCUT2D eigenvalue weighted by Crippen LogP contribution is 2.19. The molecule has 1 aromatic heterocycles. The van der Waals surface area contributed by atoms with Crippen LogP contribution in [0.2, 0.25) is 0 Å². The third kappa shape index (κ3) is 3.51. The van der Waals surface area contributed by atoms with Crippen LogP contribution in [-0.4, -0.2) is 19.4 Å². The molecule has 0 aromatic carbocycles. The first-order valence-electron chi connectivity index (χ1n) is 6.11. The van der Waals surface area contributed by atoms with Gasteiger partial charge in [0, 0.05) is 18.4 Å². The van der Waals surface area contributed by atoms with Crippen molar-refractivity contribution in [3.05, 3.63) is 24.5 Å². The number of pyridine rings is 1. The maximum atomic E-state index is 12.1. The highest BCUT2D eigenvalue weighted by atomic mass is 32.2. The van der Waals surface area contributed by atoms with E-state index in [1.54, 1.807) is 18.3 Å². The molecule has 4 nitrogen and oxygen atoms in total. The van der Waals surface area contributed by atoms with E-state index in [1.807, 2.05) is 0 Å². The molecule has 2 rings (SSSR count). The van der Waals surface area contributed by atoms with Crippen LogP contribution in [0.15, 0.2) is 29.4 Å². The third-order valence-electron chi connectivity index (χ3n) is 3.12. The van der Waals surface area contributed by atoms with Gasteiger partial charge in [-0.2, -0.15) is 0 Å². The minimum absolute atomic E-state index is 0.0858. The van der Waals surface area contributed by atoms with Gasteiger partial charge in [0.25, 0.3) is 0 Å². The Hall–Kier alpha value is -0.940. The average molecular weight is 254 g/mol. The maximum Gasteiger partial charge on any atom is 0.242 e. The first-order chi connectivity index (χ1) is 8.18. The molecule has 1 aliphatic rings. The molecular formula is C12H18N2O2S. The predicted octanol–water partition coefficient (Wildman–Crippen LogP) is 2.08. The summed E-state index contributed by atoms with van der Waals surface area (Å²) in [4.78, 5) is 4.10. The van der Waals surface area contributed by atoms with Gasteiger partial charge in [0.05, 0.1) is 0 Å². The van der Waals surface area contributed by atoms with Crippen LogP contribution in [0.1, 0.15) is 38.5 Å². The predicted molar refractivity (Wildman–Crippen MR) is 66.0 cm³/mol. The molecule has 1 aliphatic carbocycles. The third-order valence-corrected chi connectivity index (χ3v) is 4.63. The summed E-state index contributed by atoms with van der Waals surface area (Å²) < 4.78 is 26.9. The van der Waals surface area contributed by atoms with E-state index in [9.17, 15) is 8.42 Å². The van der Waals surface area contributed by atoms with Crippen molar-refractivity contribution in [1.29, 1.82) is 0 Å². The van der Waals surface area contributed by atoms with E-state index in [2.05, 4.69) is 9.71 Å². The first-order valence-corrected chi connectivity index (χ1v) is 7.59. The fraction of sp³-hybridized carbons (Fsp3) is 0.583. The van der Waals surface area contributed by atoms with E-state index in [1.165, 1.54) is 19.0 Å². The summed E-state index contributed by atoms with van der Waals surface area (Å²) in [6.45, 7) is 0. The lowest BCUT2D eigenvalue weighted by Gasteiger charge is -2.16. The molecule has 17 heavy (non-hydrogen) atoms. The summed E-state index contributed by atoms with van der Waals surface area (Å²) in [5.74, 6) is 0. The van der Waals surface area contributed by atoms with Gasteiger partial charge in [-0.15, -0.1) is 0 Å². The second kappa shape index (κ2) is 5.60. The molecule has 1 aromatic rings. The van der Waals surface area contributed by atoms with Crippen LogP contribution in [0.25, 0.3) is 0 Å². The van der Waals surface area contributed by atoms with E-state index < -0.39 is 10.0 Å². The summed E-state index contributed by atoms with van der Waals surface area (Å²) in [5.41, 5.74) is 0. The molecule has 0 saturated heterocycles. The van der Waals surface area contributed by atoms with E-state index in [0.29, 0.717) is 0 Å². The molecule has 5 heteroatoms. The molecule has 0 spiro atoms. The Labute approximate surface area is 103 Å². The van der Waals surface area contributed by atoms with Crippen molar-refractivity contribution in [2.24, 2.45) is 0 Å². The molecule has 1 fully saturated rings. The molecule has 0 amide bonds.